The summed E-state index contributed by atoms with van der Waals surface area (Å²) >= 11 is 0. The van der Waals surface area contributed by atoms with Crippen LogP contribution in [0.2, 0.25) is 0 Å². The van der Waals surface area contributed by atoms with Crippen molar-refractivity contribution >= 4 is 11.7 Å². The minimum atomic E-state index is -0.927. The fourth-order valence-corrected chi connectivity index (χ4v) is 1.99. The lowest BCUT2D eigenvalue weighted by Gasteiger charge is -2.24. The molecule has 1 aromatic carbocycles. The molecule has 4 heteroatoms. The first-order chi connectivity index (χ1) is 9.22. The third-order valence-electron chi connectivity index (χ3n) is 2.97. The second-order valence-electron chi connectivity index (χ2n) is 4.20. The van der Waals surface area contributed by atoms with Gasteiger partial charge in [-0.25, -0.2) is 4.79 Å². The monoisotopic (exact) mass is 256 g/mol. The number of carboxylic acid groups (broad SMARTS) is 1. The van der Waals surface area contributed by atoms with E-state index in [9.17, 15) is 9.90 Å². The van der Waals surface area contributed by atoms with Crippen LogP contribution in [0.15, 0.2) is 48.8 Å². The number of pyridine rings is 1. The first-order valence-corrected chi connectivity index (χ1v) is 6.18. The van der Waals surface area contributed by atoms with E-state index < -0.39 is 5.97 Å². The number of benzene rings is 1. The molecule has 19 heavy (non-hydrogen) atoms. The predicted molar refractivity (Wildman–Crippen MR) is 74.4 cm³/mol. The Hall–Kier alpha value is -2.36. The van der Waals surface area contributed by atoms with Crippen molar-refractivity contribution in [3.63, 3.8) is 0 Å². The van der Waals surface area contributed by atoms with Crippen molar-refractivity contribution in [2.75, 3.05) is 11.4 Å². The fraction of sp³-hybridized carbons (Fsp3) is 0.200. The second-order valence-corrected chi connectivity index (χ2v) is 4.20. The molecule has 0 aliphatic carbocycles. The van der Waals surface area contributed by atoms with Crippen LogP contribution in [0.4, 0.5) is 5.69 Å². The van der Waals surface area contributed by atoms with Crippen LogP contribution in [0, 0.1) is 0 Å². The standard InChI is InChI=1S/C15H16N2O2/c1-2-17(11-12-6-4-3-5-7-12)14-10-16-9-8-13(14)15(18)19/h3-10H,2,11H2,1H3,(H,18,19). The third kappa shape index (κ3) is 3.10. The number of nitrogens with zero attached hydrogens (tertiary/aromatic N) is 2. The zero-order chi connectivity index (χ0) is 13.7. The Morgan fingerprint density at radius 2 is 2.00 bits per heavy atom. The van der Waals surface area contributed by atoms with E-state index in [0.29, 0.717) is 12.2 Å². The van der Waals surface area contributed by atoms with Gasteiger partial charge in [-0.05, 0) is 18.6 Å². The maximum atomic E-state index is 11.2. The Morgan fingerprint density at radius 1 is 1.26 bits per heavy atom. The molecule has 2 aromatic rings. The topological polar surface area (TPSA) is 53.4 Å². The van der Waals surface area contributed by atoms with Gasteiger partial charge in [0.05, 0.1) is 17.4 Å². The molecule has 1 N–H and O–H groups in total. The van der Waals surface area contributed by atoms with Crippen molar-refractivity contribution in [1.82, 2.24) is 4.98 Å². The summed E-state index contributed by atoms with van der Waals surface area (Å²) in [7, 11) is 0. The summed E-state index contributed by atoms with van der Waals surface area (Å²) in [5.41, 5.74) is 2.08. The van der Waals surface area contributed by atoms with E-state index in [1.807, 2.05) is 42.2 Å². The highest BCUT2D eigenvalue weighted by atomic mass is 16.4. The van der Waals surface area contributed by atoms with Crippen LogP contribution >= 0.6 is 0 Å². The number of carboxylic acids is 1. The van der Waals surface area contributed by atoms with Gasteiger partial charge >= 0.3 is 5.97 Å². The highest BCUT2D eigenvalue weighted by Gasteiger charge is 2.15. The molecular weight excluding hydrogens is 240 g/mol. The number of aromatic carboxylic acids is 1. The Morgan fingerprint density at radius 3 is 2.63 bits per heavy atom. The van der Waals surface area contributed by atoms with Crippen LogP contribution in [0.25, 0.3) is 0 Å². The van der Waals surface area contributed by atoms with Gasteiger partial charge in [0, 0.05) is 19.3 Å². The van der Waals surface area contributed by atoms with Crippen molar-refractivity contribution < 1.29 is 9.90 Å². The Bertz CT molecular complexity index is 555. The Kier molecular flexibility index (Phi) is 4.13. The molecule has 0 atom stereocenters. The molecule has 0 aliphatic rings. The van der Waals surface area contributed by atoms with Crippen LogP contribution in [0.1, 0.15) is 22.8 Å². The van der Waals surface area contributed by atoms with Gasteiger partial charge in [-0.1, -0.05) is 30.3 Å². The lowest BCUT2D eigenvalue weighted by atomic mass is 10.1. The molecule has 1 aromatic heterocycles. The molecule has 4 nitrogen and oxygen atoms in total. The van der Waals surface area contributed by atoms with Gasteiger partial charge < -0.3 is 10.0 Å². The molecule has 0 saturated heterocycles. The number of carbonyl (C=O) groups is 1. The molecular formula is C15H16N2O2. The van der Waals surface area contributed by atoms with Crippen LogP contribution in [-0.4, -0.2) is 22.6 Å². The lowest BCUT2D eigenvalue weighted by Crippen LogP contribution is -2.24. The zero-order valence-electron chi connectivity index (χ0n) is 10.8. The molecule has 0 radical (unpaired) electrons. The molecule has 0 amide bonds. The van der Waals surface area contributed by atoms with Crippen LogP contribution in [-0.2, 0) is 6.54 Å². The molecule has 98 valence electrons. The summed E-state index contributed by atoms with van der Waals surface area (Å²) in [5, 5.41) is 9.22. The van der Waals surface area contributed by atoms with E-state index >= 15 is 0 Å². The molecule has 0 aliphatic heterocycles. The third-order valence-corrected chi connectivity index (χ3v) is 2.97. The van der Waals surface area contributed by atoms with Gasteiger partial charge in [-0.3, -0.25) is 4.98 Å². The van der Waals surface area contributed by atoms with Crippen LogP contribution in [0.5, 0.6) is 0 Å². The molecule has 0 saturated carbocycles. The molecule has 0 unspecified atom stereocenters. The quantitative estimate of drug-likeness (QED) is 0.893. The van der Waals surface area contributed by atoms with E-state index in [1.54, 1.807) is 6.20 Å². The maximum Gasteiger partial charge on any atom is 0.337 e. The summed E-state index contributed by atoms with van der Waals surface area (Å²) in [4.78, 5) is 17.3. The Labute approximate surface area is 112 Å². The largest absolute Gasteiger partial charge is 0.478 e. The van der Waals surface area contributed by atoms with Crippen molar-refractivity contribution in [2.24, 2.45) is 0 Å². The van der Waals surface area contributed by atoms with Crippen LogP contribution < -0.4 is 4.90 Å². The minimum Gasteiger partial charge on any atom is -0.478 e. The van der Waals surface area contributed by atoms with Crippen LogP contribution in [0.3, 0.4) is 0 Å². The van der Waals surface area contributed by atoms with Gasteiger partial charge in [0.1, 0.15) is 0 Å². The molecule has 0 spiro atoms. The summed E-state index contributed by atoms with van der Waals surface area (Å²) in [6.45, 7) is 3.39. The van der Waals surface area contributed by atoms with E-state index in [1.165, 1.54) is 12.3 Å². The first kappa shape index (κ1) is 13.1. The summed E-state index contributed by atoms with van der Waals surface area (Å²) < 4.78 is 0. The summed E-state index contributed by atoms with van der Waals surface area (Å²) in [6, 6.07) is 11.5. The highest BCUT2D eigenvalue weighted by molar-refractivity contribution is 5.94. The molecule has 1 heterocycles. The number of rotatable bonds is 5. The fourth-order valence-electron chi connectivity index (χ4n) is 1.99. The van der Waals surface area contributed by atoms with Crippen molar-refractivity contribution in [1.29, 1.82) is 0 Å². The molecule has 0 fully saturated rings. The number of hydrogen-bond acceptors (Lipinski definition) is 3. The minimum absolute atomic E-state index is 0.285. The lowest BCUT2D eigenvalue weighted by molar-refractivity contribution is 0.0697. The van der Waals surface area contributed by atoms with Gasteiger partial charge in [0.2, 0.25) is 0 Å². The van der Waals surface area contributed by atoms with Gasteiger partial charge in [-0.2, -0.15) is 0 Å². The average molecular weight is 256 g/mol. The zero-order valence-corrected chi connectivity index (χ0v) is 10.8. The van der Waals surface area contributed by atoms with E-state index in [0.717, 1.165) is 12.1 Å². The van der Waals surface area contributed by atoms with Gasteiger partial charge in [0.15, 0.2) is 0 Å². The number of hydrogen-bond donors (Lipinski definition) is 1. The number of aromatic nitrogens is 1. The first-order valence-electron chi connectivity index (χ1n) is 6.18. The SMILES string of the molecule is CCN(Cc1ccccc1)c1cnccc1C(=O)O. The highest BCUT2D eigenvalue weighted by Crippen LogP contribution is 2.21. The Balaban J connectivity index is 2.30. The molecule has 0 bridgehead atoms. The van der Waals surface area contributed by atoms with E-state index in [-0.39, 0.29) is 5.56 Å². The van der Waals surface area contributed by atoms with E-state index in [4.69, 9.17) is 0 Å². The van der Waals surface area contributed by atoms with Crippen molar-refractivity contribution in [3.8, 4) is 0 Å². The summed E-state index contributed by atoms with van der Waals surface area (Å²) in [6.07, 6.45) is 3.11. The predicted octanol–water partition coefficient (Wildman–Crippen LogP) is 2.81. The normalized spacial score (nSPS) is 10.2. The smallest absolute Gasteiger partial charge is 0.337 e. The van der Waals surface area contributed by atoms with Crippen molar-refractivity contribution in [2.45, 2.75) is 13.5 Å². The maximum absolute atomic E-state index is 11.2. The average Bonchev–Trinajstić information content (AvgIpc) is 2.46. The van der Waals surface area contributed by atoms with Gasteiger partial charge in [0.25, 0.3) is 0 Å². The molecule has 2 rings (SSSR count). The van der Waals surface area contributed by atoms with Gasteiger partial charge in [-0.15, -0.1) is 0 Å². The number of anilines is 1. The second kappa shape index (κ2) is 6.00. The van der Waals surface area contributed by atoms with Crippen molar-refractivity contribution in [3.05, 3.63) is 59.9 Å². The summed E-state index contributed by atoms with van der Waals surface area (Å²) in [5.74, 6) is -0.927. The van der Waals surface area contributed by atoms with E-state index in [2.05, 4.69) is 4.98 Å².